The van der Waals surface area contributed by atoms with Crippen LogP contribution >= 0.6 is 0 Å². The molecule has 0 aromatic carbocycles. The van der Waals surface area contributed by atoms with Gasteiger partial charge in [0, 0.05) is 36.6 Å². The zero-order chi connectivity index (χ0) is 25.9. The van der Waals surface area contributed by atoms with E-state index in [-0.39, 0.29) is 0 Å². The van der Waals surface area contributed by atoms with Crippen LogP contribution in [-0.2, 0) is 0 Å². The number of guanidine groups is 1. The quantitative estimate of drug-likeness (QED) is 0.228. The van der Waals surface area contributed by atoms with Gasteiger partial charge in [-0.25, -0.2) is 5.43 Å². The van der Waals surface area contributed by atoms with E-state index >= 15 is 0 Å². The summed E-state index contributed by atoms with van der Waals surface area (Å²) in [7, 11) is 1.64. The molecule has 0 spiro atoms. The van der Waals surface area contributed by atoms with E-state index in [0.717, 1.165) is 56.3 Å². The van der Waals surface area contributed by atoms with Gasteiger partial charge in [-0.05, 0) is 94.8 Å². The molecule has 0 radical (unpaired) electrons. The topological polar surface area (TPSA) is 112 Å². The fraction of sp³-hybridized carbons (Fsp3) is 0.704. The Labute approximate surface area is 213 Å². The Bertz CT molecular complexity index is 699. The van der Waals surface area contributed by atoms with Crippen molar-refractivity contribution in [3.8, 4) is 0 Å². The Morgan fingerprint density at radius 2 is 1.11 bits per heavy atom. The normalized spacial score (nSPS) is 28.2. The lowest BCUT2D eigenvalue weighted by molar-refractivity contribution is 0.498. The van der Waals surface area contributed by atoms with Crippen LogP contribution in [0.25, 0.3) is 0 Å². The molecule has 8 nitrogen and oxygen atoms in total. The maximum atomic E-state index is 5.46. The third-order valence-corrected chi connectivity index (χ3v) is 6.44. The predicted molar refractivity (Wildman–Crippen MR) is 153 cm³/mol. The summed E-state index contributed by atoms with van der Waals surface area (Å²) in [6, 6.07) is 0. The van der Waals surface area contributed by atoms with Crippen LogP contribution in [0.1, 0.15) is 97.8 Å². The number of hydrazone groups is 3. The van der Waals surface area contributed by atoms with Gasteiger partial charge < -0.3 is 5.73 Å². The average molecular weight is 487 g/mol. The van der Waals surface area contributed by atoms with Gasteiger partial charge in [0.05, 0.1) is 0 Å². The molecule has 3 fully saturated rings. The van der Waals surface area contributed by atoms with Gasteiger partial charge in [0.25, 0.3) is 0 Å². The van der Waals surface area contributed by atoms with E-state index < -0.39 is 0 Å². The highest BCUT2D eigenvalue weighted by Crippen LogP contribution is 2.22. The number of aliphatic imine (C=N–C) groups is 1. The molecule has 198 valence electrons. The molecule has 0 heterocycles. The van der Waals surface area contributed by atoms with Gasteiger partial charge in [-0.15, -0.1) is 0 Å². The molecule has 0 aromatic rings. The fourth-order valence-electron chi connectivity index (χ4n) is 4.55. The summed E-state index contributed by atoms with van der Waals surface area (Å²) in [5, 5.41) is 12.6. The van der Waals surface area contributed by atoms with E-state index in [4.69, 9.17) is 5.73 Å². The van der Waals surface area contributed by atoms with E-state index in [0.29, 0.717) is 5.96 Å². The zero-order valence-electron chi connectivity index (χ0n) is 22.7. The van der Waals surface area contributed by atoms with Gasteiger partial charge in [-0.1, -0.05) is 33.9 Å². The summed E-state index contributed by atoms with van der Waals surface area (Å²) >= 11 is 0. The van der Waals surface area contributed by atoms with Crippen LogP contribution < -0.4 is 22.0 Å². The number of nitrogens with two attached hydrogens (primary N) is 1. The van der Waals surface area contributed by atoms with Gasteiger partial charge in [-0.2, -0.15) is 15.3 Å². The van der Waals surface area contributed by atoms with Gasteiger partial charge >= 0.3 is 0 Å². The monoisotopic (exact) mass is 486 g/mol. The third-order valence-electron chi connectivity index (χ3n) is 6.44. The fourth-order valence-corrected chi connectivity index (χ4v) is 4.55. The third kappa shape index (κ3) is 15.1. The van der Waals surface area contributed by atoms with Crippen molar-refractivity contribution in [3.63, 3.8) is 0 Å². The number of nitrogens with one attached hydrogen (secondary N) is 3. The molecule has 3 atom stereocenters. The molecule has 0 bridgehead atoms. The molecule has 0 saturated heterocycles. The van der Waals surface area contributed by atoms with Crippen LogP contribution in [0.2, 0.25) is 0 Å². The summed E-state index contributed by atoms with van der Waals surface area (Å²) in [5.41, 5.74) is 17.6. The van der Waals surface area contributed by atoms with Crippen molar-refractivity contribution in [2.24, 2.45) is 43.8 Å². The first-order valence-electron chi connectivity index (χ1n) is 13.2. The molecular formula is C27H50N8. The first-order chi connectivity index (χ1) is 16.9. The average Bonchev–Trinajstić information content (AvgIpc) is 2.86. The SMILES string of the molecule is C=CNN=C1CCCC(C)C1.C=CNN=C1CCCC(C)C1.CN=C(N)N/N=C1\CCCC(C)C1. The van der Waals surface area contributed by atoms with Crippen molar-refractivity contribution in [3.05, 3.63) is 25.6 Å². The van der Waals surface area contributed by atoms with E-state index in [2.05, 4.69) is 70.5 Å². The van der Waals surface area contributed by atoms with Gasteiger partial charge in [-0.3, -0.25) is 15.8 Å². The highest BCUT2D eigenvalue weighted by molar-refractivity contribution is 5.87. The molecule has 3 aliphatic rings. The van der Waals surface area contributed by atoms with E-state index in [1.807, 2.05) is 0 Å². The summed E-state index contributed by atoms with van der Waals surface area (Å²) < 4.78 is 0. The Kier molecular flexibility index (Phi) is 16.2. The smallest absolute Gasteiger partial charge is 0.209 e. The lowest BCUT2D eigenvalue weighted by atomic mass is 9.89. The second kappa shape index (κ2) is 18.7. The summed E-state index contributed by atoms with van der Waals surface area (Å²) in [4.78, 5) is 3.77. The van der Waals surface area contributed by atoms with Crippen LogP contribution in [0.15, 0.2) is 45.9 Å². The van der Waals surface area contributed by atoms with Crippen molar-refractivity contribution in [1.82, 2.24) is 16.3 Å². The van der Waals surface area contributed by atoms with Crippen LogP contribution in [0, 0.1) is 17.8 Å². The summed E-state index contributed by atoms with van der Waals surface area (Å²) in [5.74, 6) is 2.77. The van der Waals surface area contributed by atoms with E-state index in [9.17, 15) is 0 Å². The number of nitrogens with zero attached hydrogens (tertiary/aromatic N) is 4. The van der Waals surface area contributed by atoms with Crippen molar-refractivity contribution in [1.29, 1.82) is 0 Å². The number of rotatable bonds is 5. The Morgan fingerprint density at radius 1 is 0.743 bits per heavy atom. The van der Waals surface area contributed by atoms with Crippen molar-refractivity contribution in [2.45, 2.75) is 97.8 Å². The molecule has 0 aromatic heterocycles. The van der Waals surface area contributed by atoms with E-state index in [1.165, 1.54) is 55.7 Å². The molecule has 8 heteroatoms. The standard InChI is InChI=1S/C9H18N4.2C9H16N2/c1-7-4-3-5-8(6-7)12-13-9(10)11-2;2*1-3-10-11-9-6-4-5-8(2)7-9/h7H,3-6H2,1-2H3,(H3,10,11,13);2*3,8,10H,1,4-7H2,2H3/b12-8+;;. The van der Waals surface area contributed by atoms with Crippen LogP contribution in [0.5, 0.6) is 0 Å². The number of hydrogen-bond donors (Lipinski definition) is 4. The van der Waals surface area contributed by atoms with Gasteiger partial charge in [0.1, 0.15) is 0 Å². The minimum absolute atomic E-state index is 0.380. The zero-order valence-corrected chi connectivity index (χ0v) is 22.7. The molecule has 35 heavy (non-hydrogen) atoms. The molecule has 3 saturated carbocycles. The Morgan fingerprint density at radius 3 is 1.43 bits per heavy atom. The molecule has 0 amide bonds. The van der Waals surface area contributed by atoms with Crippen molar-refractivity contribution < 1.29 is 0 Å². The summed E-state index contributed by atoms with van der Waals surface area (Å²) in [6.45, 7) is 13.9. The second-order valence-electron chi connectivity index (χ2n) is 10.0. The maximum Gasteiger partial charge on any atom is 0.209 e. The Balaban J connectivity index is 0.000000264. The molecule has 3 rings (SSSR count). The number of hydrogen-bond acceptors (Lipinski definition) is 6. The minimum atomic E-state index is 0.380. The van der Waals surface area contributed by atoms with Crippen LogP contribution in [0.3, 0.4) is 0 Å². The lowest BCUT2D eigenvalue weighted by Crippen LogP contribution is -2.29. The van der Waals surface area contributed by atoms with E-state index in [1.54, 1.807) is 19.4 Å². The van der Waals surface area contributed by atoms with Crippen LogP contribution in [-0.4, -0.2) is 30.1 Å². The predicted octanol–water partition coefficient (Wildman–Crippen LogP) is 5.66. The van der Waals surface area contributed by atoms with Gasteiger partial charge in [0.15, 0.2) is 0 Å². The molecule has 5 N–H and O–H groups in total. The molecule has 0 aliphatic heterocycles. The van der Waals surface area contributed by atoms with Crippen molar-refractivity contribution in [2.75, 3.05) is 7.05 Å². The van der Waals surface area contributed by atoms with Crippen molar-refractivity contribution >= 4 is 23.1 Å². The van der Waals surface area contributed by atoms with Crippen LogP contribution in [0.4, 0.5) is 0 Å². The Hall–Kier alpha value is -2.64. The van der Waals surface area contributed by atoms with Gasteiger partial charge in [0.2, 0.25) is 5.96 Å². The second-order valence-corrected chi connectivity index (χ2v) is 10.0. The lowest BCUT2D eigenvalue weighted by Gasteiger charge is -2.18. The maximum absolute atomic E-state index is 5.46. The largest absolute Gasteiger partial charge is 0.369 e. The molecular weight excluding hydrogens is 436 g/mol. The molecule has 3 unspecified atom stereocenters. The summed E-state index contributed by atoms with van der Waals surface area (Å²) in [6.07, 6.45) is 17.9. The first-order valence-corrected chi connectivity index (χ1v) is 13.2. The highest BCUT2D eigenvalue weighted by atomic mass is 15.4. The minimum Gasteiger partial charge on any atom is -0.369 e. The molecule has 3 aliphatic carbocycles. The highest BCUT2D eigenvalue weighted by Gasteiger charge is 2.15. The first kappa shape index (κ1) is 30.4.